The second-order valence-electron chi connectivity index (χ2n) is 7.86. The predicted molar refractivity (Wildman–Crippen MR) is 95.3 cm³/mol. The average Bonchev–Trinajstić information content (AvgIpc) is 3.01. The number of nitrogens with one attached hydrogen (secondary N) is 1. The van der Waals surface area contributed by atoms with E-state index in [0.29, 0.717) is 23.7 Å². The number of anilines is 1. The third-order valence-electron chi connectivity index (χ3n) is 5.05. The number of amides is 1. The van der Waals surface area contributed by atoms with E-state index in [1.807, 2.05) is 10.9 Å². The molecule has 1 saturated carbocycles. The first-order valence-corrected chi connectivity index (χ1v) is 8.90. The van der Waals surface area contributed by atoms with Crippen LogP contribution in [-0.4, -0.2) is 31.9 Å². The second kappa shape index (κ2) is 5.81. The largest absolute Gasteiger partial charge is 0.393 e. The number of nitrogens with zero attached hydrogens (tertiary/aromatic N) is 3. The van der Waals surface area contributed by atoms with Gasteiger partial charge in [0.2, 0.25) is 5.91 Å². The Labute approximate surface area is 151 Å². The van der Waals surface area contributed by atoms with E-state index >= 15 is 0 Å². The molecule has 0 atom stereocenters. The van der Waals surface area contributed by atoms with Crippen molar-refractivity contribution in [2.75, 3.05) is 5.32 Å². The highest BCUT2D eigenvalue weighted by atomic mass is 35.5. The molecule has 0 saturated heterocycles. The third kappa shape index (κ3) is 3.04. The van der Waals surface area contributed by atoms with Gasteiger partial charge in [0.15, 0.2) is 0 Å². The molecule has 2 aliphatic rings. The van der Waals surface area contributed by atoms with Crippen LogP contribution < -0.4 is 5.32 Å². The van der Waals surface area contributed by atoms with Gasteiger partial charge in [-0.2, -0.15) is 5.10 Å². The Bertz CT molecular complexity index is 840. The van der Waals surface area contributed by atoms with Gasteiger partial charge >= 0.3 is 0 Å². The zero-order valence-electron chi connectivity index (χ0n) is 14.3. The summed E-state index contributed by atoms with van der Waals surface area (Å²) >= 11 is 6.37. The van der Waals surface area contributed by atoms with E-state index < -0.39 is 0 Å². The van der Waals surface area contributed by atoms with Crippen LogP contribution in [0.2, 0.25) is 5.02 Å². The minimum Gasteiger partial charge on any atom is -0.393 e. The smallest absolute Gasteiger partial charge is 0.228 e. The Kier molecular flexibility index (Phi) is 3.85. The lowest BCUT2D eigenvalue weighted by Crippen LogP contribution is -2.37. The molecule has 6 nitrogen and oxygen atoms in total. The van der Waals surface area contributed by atoms with Gasteiger partial charge in [0.25, 0.3) is 0 Å². The summed E-state index contributed by atoms with van der Waals surface area (Å²) in [5, 5.41) is 17.2. The molecule has 1 aliphatic heterocycles. The molecular weight excluding hydrogens is 340 g/mol. The molecule has 0 unspecified atom stereocenters. The number of fused-ring (bicyclic) bond motifs is 1. The van der Waals surface area contributed by atoms with Gasteiger partial charge in [-0.3, -0.25) is 9.48 Å². The highest BCUT2D eigenvalue weighted by Crippen LogP contribution is 2.39. The number of aliphatic hydroxyl groups excluding tert-OH is 1. The Morgan fingerprint density at radius 3 is 2.84 bits per heavy atom. The van der Waals surface area contributed by atoms with E-state index in [4.69, 9.17) is 11.6 Å². The predicted octanol–water partition coefficient (Wildman–Crippen LogP) is 2.89. The van der Waals surface area contributed by atoms with Gasteiger partial charge in [-0.25, -0.2) is 4.98 Å². The number of rotatable bonds is 3. The first kappa shape index (κ1) is 16.5. The van der Waals surface area contributed by atoms with E-state index in [9.17, 15) is 9.90 Å². The van der Waals surface area contributed by atoms with Gasteiger partial charge in [-0.05, 0) is 30.7 Å². The molecule has 2 aromatic heterocycles. The third-order valence-corrected chi connectivity index (χ3v) is 5.35. The van der Waals surface area contributed by atoms with Crippen molar-refractivity contribution in [2.45, 2.75) is 45.8 Å². The van der Waals surface area contributed by atoms with E-state index in [1.165, 1.54) is 0 Å². The summed E-state index contributed by atoms with van der Waals surface area (Å²) in [6.45, 7) is 5.33. The molecule has 1 fully saturated rings. The summed E-state index contributed by atoms with van der Waals surface area (Å²) in [6.07, 6.45) is 4.99. The van der Waals surface area contributed by atoms with E-state index in [0.717, 1.165) is 29.8 Å². The van der Waals surface area contributed by atoms with Crippen molar-refractivity contribution in [3.63, 3.8) is 0 Å². The van der Waals surface area contributed by atoms with E-state index in [-0.39, 0.29) is 23.3 Å². The van der Waals surface area contributed by atoms with Gasteiger partial charge < -0.3 is 10.4 Å². The van der Waals surface area contributed by atoms with Crippen LogP contribution in [0.15, 0.2) is 18.5 Å². The molecule has 2 N–H and O–H groups in total. The molecule has 0 spiro atoms. The molecule has 0 radical (unpaired) electrons. The normalized spacial score (nSPS) is 23.8. The van der Waals surface area contributed by atoms with Crippen LogP contribution in [0, 0.1) is 11.3 Å². The number of carbonyl (C=O) groups excluding carboxylic acids is 1. The minimum absolute atomic E-state index is 0.104. The van der Waals surface area contributed by atoms with Gasteiger partial charge in [-0.15, -0.1) is 0 Å². The summed E-state index contributed by atoms with van der Waals surface area (Å²) < 4.78 is 2.03. The number of hydrogen-bond donors (Lipinski definition) is 2. The summed E-state index contributed by atoms with van der Waals surface area (Å²) in [4.78, 5) is 16.4. The molecule has 1 amide bonds. The fraction of sp³-hybridized carbons (Fsp3) is 0.500. The number of aromatic nitrogens is 3. The molecular formula is C18H21ClN4O2. The van der Waals surface area contributed by atoms with E-state index in [2.05, 4.69) is 29.2 Å². The quantitative estimate of drug-likeness (QED) is 0.882. The first-order valence-electron chi connectivity index (χ1n) is 8.52. The van der Waals surface area contributed by atoms with Crippen LogP contribution in [0.5, 0.6) is 0 Å². The molecule has 132 valence electrons. The van der Waals surface area contributed by atoms with Crippen LogP contribution >= 0.6 is 11.6 Å². The highest BCUT2D eigenvalue weighted by Gasteiger charge is 2.34. The lowest BCUT2D eigenvalue weighted by Gasteiger charge is -2.29. The van der Waals surface area contributed by atoms with E-state index in [1.54, 1.807) is 12.3 Å². The van der Waals surface area contributed by atoms with Crippen molar-refractivity contribution >= 4 is 23.3 Å². The topological polar surface area (TPSA) is 80.0 Å². The zero-order chi connectivity index (χ0) is 17.8. The summed E-state index contributed by atoms with van der Waals surface area (Å²) in [7, 11) is 0. The van der Waals surface area contributed by atoms with Gasteiger partial charge in [0.1, 0.15) is 5.82 Å². The molecule has 0 aromatic carbocycles. The maximum Gasteiger partial charge on any atom is 0.228 e. The van der Waals surface area contributed by atoms with Crippen LogP contribution in [-0.2, 0) is 17.8 Å². The number of hydrogen-bond acceptors (Lipinski definition) is 4. The lowest BCUT2D eigenvalue weighted by atomic mass is 9.82. The molecule has 1 aliphatic carbocycles. The van der Waals surface area contributed by atoms with Crippen molar-refractivity contribution in [3.05, 3.63) is 29.2 Å². The first-order chi connectivity index (χ1) is 11.8. The summed E-state index contributed by atoms with van der Waals surface area (Å²) in [5.74, 6) is 0.229. The summed E-state index contributed by atoms with van der Waals surface area (Å²) in [5.41, 5.74) is 3.17. The number of aliphatic hydroxyl groups is 1. The molecule has 4 rings (SSSR count). The highest BCUT2D eigenvalue weighted by molar-refractivity contribution is 6.33. The van der Waals surface area contributed by atoms with Crippen LogP contribution in [0.1, 0.15) is 32.4 Å². The Morgan fingerprint density at radius 2 is 2.12 bits per heavy atom. The summed E-state index contributed by atoms with van der Waals surface area (Å²) in [6, 6.07) is 1.80. The fourth-order valence-electron chi connectivity index (χ4n) is 3.62. The van der Waals surface area contributed by atoms with Crippen LogP contribution in [0.25, 0.3) is 11.1 Å². The fourth-order valence-corrected chi connectivity index (χ4v) is 3.82. The monoisotopic (exact) mass is 360 g/mol. The standard InChI is InChI=1S/C18H21ClN4O2/c1-18(2)6-15-13(7-21-23(15)9-18)12-5-16(20-8-14(12)19)22-17(25)10-3-11(24)4-10/h5,7-8,10-11,24H,3-4,6,9H2,1-2H3,(H,20,22,25)/t10-,11+. The lowest BCUT2D eigenvalue weighted by molar-refractivity contribution is -0.126. The van der Waals surface area contributed by atoms with Gasteiger partial charge in [0.05, 0.1) is 17.3 Å². The molecule has 3 heterocycles. The molecule has 0 bridgehead atoms. The van der Waals surface area contributed by atoms with Crippen molar-refractivity contribution < 1.29 is 9.90 Å². The average molecular weight is 361 g/mol. The number of carbonyl (C=O) groups is 1. The van der Waals surface area contributed by atoms with Crippen molar-refractivity contribution in [1.82, 2.24) is 14.8 Å². The van der Waals surface area contributed by atoms with Crippen LogP contribution in [0.3, 0.4) is 0 Å². The van der Waals surface area contributed by atoms with Crippen molar-refractivity contribution in [3.8, 4) is 11.1 Å². The number of halogens is 1. The molecule has 7 heteroatoms. The minimum atomic E-state index is -0.358. The van der Waals surface area contributed by atoms with Gasteiger partial charge in [-0.1, -0.05) is 25.4 Å². The van der Waals surface area contributed by atoms with Crippen molar-refractivity contribution in [1.29, 1.82) is 0 Å². The Hall–Kier alpha value is -1.92. The second-order valence-corrected chi connectivity index (χ2v) is 8.27. The maximum absolute atomic E-state index is 12.2. The van der Waals surface area contributed by atoms with Crippen molar-refractivity contribution in [2.24, 2.45) is 11.3 Å². The van der Waals surface area contributed by atoms with Gasteiger partial charge in [0, 0.05) is 35.5 Å². The van der Waals surface area contributed by atoms with Crippen LogP contribution in [0.4, 0.5) is 5.82 Å². The zero-order valence-corrected chi connectivity index (χ0v) is 15.0. The molecule has 2 aromatic rings. The number of pyridine rings is 1. The Balaban J connectivity index is 1.60. The SMILES string of the molecule is CC1(C)Cc2c(-c3cc(NC(=O)[C@H]4C[C@@H](O)C4)ncc3Cl)cnn2C1. The molecule has 25 heavy (non-hydrogen) atoms. The maximum atomic E-state index is 12.2. The Morgan fingerprint density at radius 1 is 1.36 bits per heavy atom.